The molecule has 2 aromatic carbocycles. The Bertz CT molecular complexity index is 1060. The van der Waals surface area contributed by atoms with E-state index in [4.69, 9.17) is 23.2 Å². The highest BCUT2D eigenvalue weighted by Gasteiger charge is 2.35. The molecule has 0 spiro atoms. The van der Waals surface area contributed by atoms with Crippen LogP contribution in [0.1, 0.15) is 18.0 Å². The number of rotatable bonds is 4. The minimum Gasteiger partial charge on any atom is -0.326 e. The molecule has 0 fully saturated rings. The van der Waals surface area contributed by atoms with Crippen molar-refractivity contribution in [2.24, 2.45) is 0 Å². The van der Waals surface area contributed by atoms with Crippen LogP contribution in [0.25, 0.3) is 11.4 Å². The van der Waals surface area contributed by atoms with E-state index in [1.54, 1.807) is 18.2 Å². The maximum Gasteiger partial charge on any atom is 0.252 e. The average molecular weight is 416 g/mol. The van der Waals surface area contributed by atoms with E-state index < -0.39 is 6.04 Å². The Kier molecular flexibility index (Phi) is 4.78. The number of carbonyl (C=O) groups excluding carboxylic acids is 2. The lowest BCUT2D eigenvalue weighted by Crippen LogP contribution is -2.23. The smallest absolute Gasteiger partial charge is 0.252 e. The number of amides is 2. The van der Waals surface area contributed by atoms with Crippen LogP contribution in [0.3, 0.4) is 0 Å². The van der Waals surface area contributed by atoms with E-state index >= 15 is 0 Å². The average Bonchev–Trinajstić information content (AvgIpc) is 3.13. The second-order valence-electron chi connectivity index (χ2n) is 6.49. The Labute approximate surface area is 170 Å². The number of fused-ring (bicyclic) bond motifs is 1. The maximum atomic E-state index is 12.4. The van der Waals surface area contributed by atoms with Crippen molar-refractivity contribution in [3.63, 3.8) is 0 Å². The fraction of sp³-hybridized carbons (Fsp3) is 0.158. The minimum atomic E-state index is -0.781. The zero-order valence-electron chi connectivity index (χ0n) is 14.7. The number of halogens is 2. The number of anilines is 2. The Morgan fingerprint density at radius 2 is 1.86 bits per heavy atom. The van der Waals surface area contributed by atoms with Crippen molar-refractivity contribution in [2.45, 2.75) is 19.4 Å². The molecule has 0 bridgehead atoms. The monoisotopic (exact) mass is 415 g/mol. The van der Waals surface area contributed by atoms with Crippen molar-refractivity contribution in [3.05, 3.63) is 58.1 Å². The van der Waals surface area contributed by atoms with Crippen molar-refractivity contribution in [1.29, 1.82) is 0 Å². The van der Waals surface area contributed by atoms with E-state index in [-0.39, 0.29) is 18.2 Å². The summed E-state index contributed by atoms with van der Waals surface area (Å²) >= 11 is 11.9. The molecule has 7 nitrogen and oxygen atoms in total. The number of aryl methyl sites for hydroxylation is 1. The molecule has 2 heterocycles. The summed E-state index contributed by atoms with van der Waals surface area (Å²) in [4.78, 5) is 29.0. The van der Waals surface area contributed by atoms with Gasteiger partial charge in [-0.05, 0) is 25.1 Å². The SMILES string of the molecule is Cc1ccc(-c2nc3n(n2)C(CC(=O)Nc2cc(Cl)cc(Cl)c2)C(=O)N3)cc1. The largest absolute Gasteiger partial charge is 0.326 e. The van der Waals surface area contributed by atoms with Gasteiger partial charge in [0.25, 0.3) is 5.91 Å². The molecule has 1 unspecified atom stereocenters. The summed E-state index contributed by atoms with van der Waals surface area (Å²) in [5.74, 6) is 0.120. The van der Waals surface area contributed by atoms with Crippen LogP contribution in [0.5, 0.6) is 0 Å². The van der Waals surface area contributed by atoms with Crippen LogP contribution in [0, 0.1) is 6.92 Å². The first-order valence-electron chi connectivity index (χ1n) is 8.49. The molecule has 142 valence electrons. The molecule has 2 N–H and O–H groups in total. The lowest BCUT2D eigenvalue weighted by molar-refractivity contribution is -0.123. The van der Waals surface area contributed by atoms with Gasteiger partial charge in [-0.1, -0.05) is 53.0 Å². The highest BCUT2D eigenvalue weighted by Crippen LogP contribution is 2.29. The fourth-order valence-electron chi connectivity index (χ4n) is 2.95. The van der Waals surface area contributed by atoms with E-state index in [1.165, 1.54) is 4.68 Å². The first kappa shape index (κ1) is 18.5. The third-order valence-corrected chi connectivity index (χ3v) is 4.74. The lowest BCUT2D eigenvalue weighted by Gasteiger charge is -2.10. The van der Waals surface area contributed by atoms with Gasteiger partial charge in [0, 0.05) is 21.3 Å². The second-order valence-corrected chi connectivity index (χ2v) is 7.36. The molecular weight excluding hydrogens is 401 g/mol. The normalized spacial score (nSPS) is 15.2. The van der Waals surface area contributed by atoms with Crippen molar-refractivity contribution in [3.8, 4) is 11.4 Å². The predicted octanol–water partition coefficient (Wildman–Crippen LogP) is 4.08. The predicted molar refractivity (Wildman–Crippen MR) is 108 cm³/mol. The van der Waals surface area contributed by atoms with Crippen molar-refractivity contribution in [1.82, 2.24) is 14.8 Å². The Balaban J connectivity index is 1.52. The molecule has 1 aliphatic heterocycles. The number of nitrogens with one attached hydrogen (secondary N) is 2. The van der Waals surface area contributed by atoms with Crippen LogP contribution in [0.15, 0.2) is 42.5 Å². The molecule has 0 aliphatic carbocycles. The van der Waals surface area contributed by atoms with Crippen LogP contribution in [0.2, 0.25) is 10.0 Å². The van der Waals surface area contributed by atoms with Crippen LogP contribution in [-0.4, -0.2) is 26.6 Å². The first-order chi connectivity index (χ1) is 13.4. The van der Waals surface area contributed by atoms with Gasteiger partial charge in [0.2, 0.25) is 11.9 Å². The molecule has 9 heteroatoms. The second kappa shape index (κ2) is 7.26. The standard InChI is InChI=1S/C19H15Cl2N5O2/c1-10-2-4-11(5-3-10)17-23-19-24-18(28)15(26(19)25-17)9-16(27)22-14-7-12(20)6-13(21)8-14/h2-8,15H,9H2,1H3,(H,22,27)(H,23,24,25,28). The first-order valence-corrected chi connectivity index (χ1v) is 9.25. The van der Waals surface area contributed by atoms with Crippen molar-refractivity contribution >= 4 is 46.7 Å². The summed E-state index contributed by atoms with van der Waals surface area (Å²) in [6, 6.07) is 11.7. The van der Waals surface area contributed by atoms with Crippen LogP contribution in [0.4, 0.5) is 11.6 Å². The lowest BCUT2D eigenvalue weighted by atomic mass is 10.1. The molecule has 28 heavy (non-hydrogen) atoms. The Hall–Kier alpha value is -2.90. The number of hydrogen-bond donors (Lipinski definition) is 2. The number of benzene rings is 2. The molecule has 1 aliphatic rings. The Morgan fingerprint density at radius 1 is 1.18 bits per heavy atom. The van der Waals surface area contributed by atoms with Gasteiger partial charge in [-0.15, -0.1) is 5.10 Å². The molecule has 0 saturated heterocycles. The van der Waals surface area contributed by atoms with E-state index in [9.17, 15) is 9.59 Å². The molecule has 3 aromatic rings. The minimum absolute atomic E-state index is 0.0976. The van der Waals surface area contributed by atoms with Gasteiger partial charge in [-0.25, -0.2) is 4.68 Å². The third-order valence-electron chi connectivity index (χ3n) is 4.30. The zero-order chi connectivity index (χ0) is 19.8. The third kappa shape index (κ3) is 3.72. The molecule has 2 amide bonds. The number of aromatic nitrogens is 3. The van der Waals surface area contributed by atoms with Crippen LogP contribution < -0.4 is 10.6 Å². The van der Waals surface area contributed by atoms with Gasteiger partial charge >= 0.3 is 0 Å². The summed E-state index contributed by atoms with van der Waals surface area (Å²) in [5.41, 5.74) is 2.41. The zero-order valence-corrected chi connectivity index (χ0v) is 16.3. The molecule has 1 aromatic heterocycles. The van der Waals surface area contributed by atoms with E-state index in [1.807, 2.05) is 31.2 Å². The Morgan fingerprint density at radius 3 is 2.54 bits per heavy atom. The molecule has 1 atom stereocenters. The summed E-state index contributed by atoms with van der Waals surface area (Å²) in [5, 5.41) is 10.6. The van der Waals surface area contributed by atoms with Gasteiger partial charge in [-0.2, -0.15) is 4.98 Å². The molecule has 0 radical (unpaired) electrons. The number of carbonyl (C=O) groups is 2. The van der Waals surface area contributed by atoms with Gasteiger partial charge in [0.15, 0.2) is 5.82 Å². The quantitative estimate of drug-likeness (QED) is 0.671. The van der Waals surface area contributed by atoms with E-state index in [0.29, 0.717) is 27.5 Å². The molecular formula is C19H15Cl2N5O2. The topological polar surface area (TPSA) is 88.9 Å². The molecule has 4 rings (SSSR count). The highest BCUT2D eigenvalue weighted by atomic mass is 35.5. The summed E-state index contributed by atoms with van der Waals surface area (Å²) in [7, 11) is 0. The summed E-state index contributed by atoms with van der Waals surface area (Å²) in [6.45, 7) is 1.99. The molecule has 0 saturated carbocycles. The number of hydrogen-bond acceptors (Lipinski definition) is 4. The van der Waals surface area contributed by atoms with Gasteiger partial charge in [-0.3, -0.25) is 14.9 Å². The van der Waals surface area contributed by atoms with Crippen LogP contribution in [-0.2, 0) is 9.59 Å². The van der Waals surface area contributed by atoms with Crippen molar-refractivity contribution in [2.75, 3.05) is 10.6 Å². The summed E-state index contributed by atoms with van der Waals surface area (Å²) < 4.78 is 1.45. The fourth-order valence-corrected chi connectivity index (χ4v) is 3.47. The van der Waals surface area contributed by atoms with Gasteiger partial charge in [0.05, 0.1) is 6.42 Å². The van der Waals surface area contributed by atoms with E-state index in [0.717, 1.165) is 11.1 Å². The summed E-state index contributed by atoms with van der Waals surface area (Å²) in [6.07, 6.45) is -0.0976. The van der Waals surface area contributed by atoms with E-state index in [2.05, 4.69) is 20.7 Å². The van der Waals surface area contributed by atoms with Gasteiger partial charge < -0.3 is 5.32 Å². The van der Waals surface area contributed by atoms with Gasteiger partial charge in [0.1, 0.15) is 6.04 Å². The van der Waals surface area contributed by atoms with Crippen molar-refractivity contribution < 1.29 is 9.59 Å². The highest BCUT2D eigenvalue weighted by molar-refractivity contribution is 6.35. The maximum absolute atomic E-state index is 12.4. The number of nitrogens with zero attached hydrogens (tertiary/aromatic N) is 3. The van der Waals surface area contributed by atoms with Crippen LogP contribution >= 0.6 is 23.2 Å².